The van der Waals surface area contributed by atoms with Crippen molar-refractivity contribution < 1.29 is 101 Å². The number of ether oxygens (including phenoxy) is 2. The van der Waals surface area contributed by atoms with Gasteiger partial charge < -0.3 is 126 Å². The van der Waals surface area contributed by atoms with E-state index in [1.165, 1.54) is 26.4 Å². The highest BCUT2D eigenvalue weighted by Gasteiger charge is 2.41. The number of amides is 13. The van der Waals surface area contributed by atoms with Gasteiger partial charge >= 0.3 is 5.97 Å². The molecule has 5 aromatic rings. The zero-order valence-electron chi connectivity index (χ0n) is 76.1. The Morgan fingerprint density at radius 3 is 1.99 bits per heavy atom. The first-order chi connectivity index (χ1) is 62.4. The van der Waals surface area contributed by atoms with E-state index in [0.29, 0.717) is 64.4 Å². The van der Waals surface area contributed by atoms with Gasteiger partial charge in [-0.25, -0.2) is 4.98 Å². The van der Waals surface area contributed by atoms with Gasteiger partial charge in [0, 0.05) is 127 Å². The zero-order valence-corrected chi connectivity index (χ0v) is 77.7. The van der Waals surface area contributed by atoms with Crippen LogP contribution in [0.2, 0.25) is 0 Å². The number of primary amides is 2. The summed E-state index contributed by atoms with van der Waals surface area (Å²) < 4.78 is 12.8. The van der Waals surface area contributed by atoms with Gasteiger partial charge in [-0.3, -0.25) is 86.9 Å². The molecule has 0 unspecified atom stereocenters. The topological polar surface area (TPSA) is 683 Å². The standard InChI is InChI=1S/C87H130N22O21S2/c1-11-47(4)72(88)83(126)105-63-43-131-132-44-64(82(125)107-73(49(6)110)84(127)94-27-28-129-29-30-130-42-70(115)101-59(75(89)118)22-16-17-26-99-87(7,8)9)106-80(123)60(23-18-25-95-86(91)92)102-78(121)51(32-54-39-93-45-98-54)34-66(111)48(5)100-69(114)40-97-77(120)50(31-52-38-96-58-21-14-12-19-55(52)58)35-67(112)61(37-71(116)117)103-85(128)74(76(90)119)108-81(124)62(104-79(122)57(46(2)3)36-68(63)113)33-53-41-109(10)65-24-15-13-20-56(53)65/h12-15,19-21,24,38-39,41,45-51,57,59-64,72-74,96,99,110H,11,16-18,22-23,25-37,40,42-44,88H2,1-10H3,(H2,89,118)(H2,90,119)(H,93,98)(H,94,127)(H,97,120)(H,100,114)(H,101,115)(H,102,121)(H,103,128)(H,104,122)(H,105,126)(H,106,123)(H,107,125)(H,108,124)(H,116,117)(H4,91,92,95)/t47-,48-,49+,50+,51+,57-,59-,60-,61-,62-,63-,64-,72-,73-,74-/m0/s1. The van der Waals surface area contributed by atoms with Gasteiger partial charge in [-0.2, -0.15) is 0 Å². The smallest absolute Gasteiger partial charge is 0.305 e. The zero-order chi connectivity index (χ0) is 97.6. The summed E-state index contributed by atoms with van der Waals surface area (Å²) in [5, 5.41) is 64.3. The summed E-state index contributed by atoms with van der Waals surface area (Å²) in [5.74, 6) is -24.0. The van der Waals surface area contributed by atoms with Gasteiger partial charge in [-0.15, -0.1) is 0 Å². The Morgan fingerprint density at radius 2 is 1.33 bits per heavy atom. The molecule has 3 aromatic heterocycles. The summed E-state index contributed by atoms with van der Waals surface area (Å²) in [5.41, 5.74) is 25.9. The number of imidazole rings is 1. The number of hydrogen-bond donors (Lipinski definition) is 22. The Balaban J connectivity index is 1.38. The van der Waals surface area contributed by atoms with Gasteiger partial charge in [-0.05, 0) is 115 Å². The molecule has 4 heterocycles. The number of fused-ring (bicyclic) bond motifs is 2. The molecule has 6 rings (SSSR count). The third-order valence-corrected chi connectivity index (χ3v) is 24.6. The first kappa shape index (κ1) is 109. The van der Waals surface area contributed by atoms with E-state index in [-0.39, 0.29) is 76.3 Å². The molecule has 726 valence electrons. The van der Waals surface area contributed by atoms with E-state index in [9.17, 15) is 72.5 Å². The molecule has 0 spiro atoms. The van der Waals surface area contributed by atoms with Crippen LogP contribution in [0, 0.1) is 35.0 Å². The van der Waals surface area contributed by atoms with Gasteiger partial charge in [0.05, 0.1) is 75.3 Å². The van der Waals surface area contributed by atoms with Crippen molar-refractivity contribution in [2.45, 2.75) is 218 Å². The van der Waals surface area contributed by atoms with Crippen LogP contribution in [0.15, 0.2) is 73.4 Å². The van der Waals surface area contributed by atoms with Crippen molar-refractivity contribution in [3.8, 4) is 0 Å². The van der Waals surface area contributed by atoms with Gasteiger partial charge in [0.25, 0.3) is 5.91 Å². The van der Waals surface area contributed by atoms with Crippen molar-refractivity contribution in [2.24, 2.45) is 59.6 Å². The number of aryl methyl sites for hydroxylation is 1. The van der Waals surface area contributed by atoms with Crippen LogP contribution in [0.25, 0.3) is 21.8 Å². The van der Waals surface area contributed by atoms with Gasteiger partial charge in [-0.1, -0.05) is 92.1 Å². The molecule has 0 bridgehead atoms. The van der Waals surface area contributed by atoms with Gasteiger partial charge in [0.2, 0.25) is 70.9 Å². The number of aromatic amines is 2. The third-order valence-electron chi connectivity index (χ3n) is 22.1. The Labute approximate surface area is 772 Å². The maximum Gasteiger partial charge on any atom is 0.305 e. The number of carboxylic acid groups (broad SMARTS) is 1. The number of aromatic nitrogens is 4. The van der Waals surface area contributed by atoms with Crippen molar-refractivity contribution in [3.63, 3.8) is 0 Å². The van der Waals surface area contributed by atoms with Crippen molar-refractivity contribution >= 4 is 149 Å². The summed E-state index contributed by atoms with van der Waals surface area (Å²) in [4.78, 5) is 252. The monoisotopic (exact) mass is 1880 g/mol. The number of aliphatic carboxylic acids is 1. The van der Waals surface area contributed by atoms with Crippen molar-refractivity contribution in [1.82, 2.24) is 88.6 Å². The van der Waals surface area contributed by atoms with Crippen molar-refractivity contribution in [1.29, 1.82) is 5.41 Å². The number of carboxylic acids is 1. The molecule has 45 heteroatoms. The normalized spacial score (nSPS) is 21.6. The molecule has 2 aromatic carbocycles. The molecule has 132 heavy (non-hydrogen) atoms. The average Bonchev–Trinajstić information content (AvgIpc) is 1.64. The van der Waals surface area contributed by atoms with E-state index < -0.39 is 247 Å². The number of carbonyl (C=O) groups is 17. The Kier molecular flexibility index (Phi) is 44.7. The van der Waals surface area contributed by atoms with E-state index in [1.54, 1.807) is 100 Å². The largest absolute Gasteiger partial charge is 0.481 e. The molecule has 1 aliphatic heterocycles. The third kappa shape index (κ3) is 36.3. The van der Waals surface area contributed by atoms with Gasteiger partial charge in [0.15, 0.2) is 29.4 Å². The lowest BCUT2D eigenvalue weighted by molar-refractivity contribution is -0.142. The first-order valence-electron chi connectivity index (χ1n) is 43.8. The number of aliphatic hydroxyl groups excluding tert-OH is 1. The highest BCUT2D eigenvalue weighted by Crippen LogP contribution is 2.29. The SMILES string of the molecule is CC[C@H](C)[C@H](N)C(=O)N[C@H]1CSSC[C@@H](C(=O)N[C@H](C(=O)NCCOCCOCC(=O)N[C@@H](CCCCNC(C)(C)C)C(N)=O)[C@@H](C)O)NC(=O)[C@H](CCCNC(=N)N)NC(=O)[C@H](Cc2cnc[nH]2)CC(=O)[C@H](C)NC(=O)CNC(=O)[C@H](Cc2c[nH]c3ccccc23)CC(=O)[C@H](CC(=O)O)NC(=O)[C@H](C(N)=O)NC(=O)[C@H](Cc2cn(C)c3ccccc23)NC(=O)[C@H](C(C)C)CC1=O. The molecule has 15 atom stereocenters. The van der Waals surface area contributed by atoms with Crippen molar-refractivity contribution in [2.75, 3.05) is 64.1 Å². The number of Topliss-reactive ketones (excluding diaryl/α,β-unsaturated/α-hetero) is 3. The van der Waals surface area contributed by atoms with E-state index >= 15 is 19.2 Å². The highest BCUT2D eigenvalue weighted by atomic mass is 33.1. The number of nitrogens with two attached hydrogens (primary N) is 4. The second-order valence-corrected chi connectivity index (χ2v) is 36.7. The number of rotatable bonds is 37. The Hall–Kier alpha value is -11.9. The molecule has 13 amide bonds. The number of H-pyrrole nitrogens is 2. The maximum absolute atomic E-state index is 15.2. The van der Waals surface area contributed by atoms with E-state index in [0.717, 1.165) is 28.0 Å². The molecule has 1 aliphatic rings. The lowest BCUT2D eigenvalue weighted by Gasteiger charge is -2.28. The molecule has 1 fully saturated rings. The minimum atomic E-state index is -2.40. The van der Waals surface area contributed by atoms with Crippen LogP contribution in [0.5, 0.6) is 0 Å². The van der Waals surface area contributed by atoms with Crippen LogP contribution in [0.4, 0.5) is 0 Å². The number of aliphatic hydroxyl groups is 1. The minimum Gasteiger partial charge on any atom is -0.481 e. The van der Waals surface area contributed by atoms with Crippen LogP contribution in [-0.4, -0.2) is 272 Å². The minimum absolute atomic E-state index is 0.000138. The fraction of sp³-hybridized carbons (Fsp3) is 0.575. The Morgan fingerprint density at radius 1 is 0.674 bits per heavy atom. The van der Waals surface area contributed by atoms with Crippen LogP contribution in [0.1, 0.15) is 143 Å². The number of nitrogens with one attached hydrogen (secondary N) is 16. The maximum atomic E-state index is 15.2. The summed E-state index contributed by atoms with van der Waals surface area (Å²) >= 11 is 0. The number of nitrogens with zero attached hydrogens (tertiary/aromatic N) is 2. The molecule has 1 saturated heterocycles. The van der Waals surface area contributed by atoms with E-state index in [4.69, 9.17) is 37.8 Å². The summed E-state index contributed by atoms with van der Waals surface area (Å²) in [6.45, 7) is 14.1. The first-order valence-corrected chi connectivity index (χ1v) is 46.3. The Bertz CT molecular complexity index is 4810. The second kappa shape index (κ2) is 54.2. The highest BCUT2D eigenvalue weighted by molar-refractivity contribution is 8.76. The van der Waals surface area contributed by atoms with Crippen LogP contribution in [-0.2, 0) is 117 Å². The molecule has 43 nitrogen and oxygen atoms in total. The molecule has 0 radical (unpaired) electrons. The molecular formula is C87H130N22O21S2. The number of hydrogen-bond acceptors (Lipinski definition) is 26. The molecular weight excluding hydrogens is 1750 g/mol. The number of carbonyl (C=O) groups excluding carboxylic acids is 16. The lowest BCUT2D eigenvalue weighted by Crippen LogP contribution is -2.60. The number of ketones is 3. The number of para-hydroxylation sites is 2. The average molecular weight is 1880 g/mol. The lowest BCUT2D eigenvalue weighted by atomic mass is 9.87. The number of benzene rings is 2. The summed E-state index contributed by atoms with van der Waals surface area (Å²) in [6, 6.07) is -2.42. The van der Waals surface area contributed by atoms with E-state index in [1.807, 2.05) is 20.8 Å². The molecule has 26 N–H and O–H groups in total. The number of unbranched alkanes of at least 4 members (excludes halogenated alkanes) is 1. The van der Waals surface area contributed by atoms with Gasteiger partial charge in [0.1, 0.15) is 36.8 Å². The van der Waals surface area contributed by atoms with Crippen LogP contribution < -0.4 is 92.1 Å². The van der Waals surface area contributed by atoms with E-state index in [2.05, 4.69) is 84.1 Å². The fourth-order valence-corrected chi connectivity index (χ4v) is 16.7. The number of guanidine groups is 1. The predicted molar refractivity (Wildman–Crippen MR) is 491 cm³/mol. The quantitative estimate of drug-likeness (QED) is 0.00663. The van der Waals surface area contributed by atoms with Crippen LogP contribution >= 0.6 is 21.6 Å². The fourth-order valence-electron chi connectivity index (χ4n) is 14.3. The molecule has 0 saturated carbocycles. The second-order valence-electron chi connectivity index (χ2n) is 34.2. The summed E-state index contributed by atoms with van der Waals surface area (Å²) in [7, 11) is 3.45. The van der Waals surface area contributed by atoms with Crippen LogP contribution in [0.3, 0.4) is 0 Å². The van der Waals surface area contributed by atoms with Crippen molar-refractivity contribution in [3.05, 3.63) is 90.3 Å². The predicted octanol–water partition coefficient (Wildman–Crippen LogP) is -2.14. The molecule has 0 aliphatic carbocycles. The summed E-state index contributed by atoms with van der Waals surface area (Å²) in [6.07, 6.45) is 1.94.